The smallest absolute Gasteiger partial charge is 0.316 e. The fraction of sp³-hybridized carbons (Fsp3) is 0.154. The highest BCUT2D eigenvalue weighted by molar-refractivity contribution is 5.86. The summed E-state index contributed by atoms with van der Waals surface area (Å²) in [5, 5.41) is 20.4. The normalized spacial score (nSPS) is 10.5. The molecule has 2 heterocycles. The summed E-state index contributed by atoms with van der Waals surface area (Å²) in [5.74, 6) is 0. The van der Waals surface area contributed by atoms with E-state index in [0.717, 1.165) is 4.57 Å². The van der Waals surface area contributed by atoms with E-state index in [1.165, 1.54) is 29.2 Å². The van der Waals surface area contributed by atoms with E-state index in [4.69, 9.17) is 5.11 Å². The Balaban J connectivity index is 0.00000208. The van der Waals surface area contributed by atoms with Crippen molar-refractivity contribution in [2.75, 3.05) is 6.61 Å². The highest BCUT2D eigenvalue weighted by atomic mass is 16.6. The van der Waals surface area contributed by atoms with E-state index in [1.807, 2.05) is 0 Å². The van der Waals surface area contributed by atoms with Gasteiger partial charge in [-0.25, -0.2) is 4.98 Å². The second-order valence-electron chi connectivity index (χ2n) is 4.72. The van der Waals surface area contributed by atoms with Crippen LogP contribution in [0.2, 0.25) is 0 Å². The second-order valence-corrected chi connectivity index (χ2v) is 4.72. The first-order valence-electron chi connectivity index (χ1n) is 6.57. The number of benzene rings is 1. The third kappa shape index (κ3) is 2.68. The first-order valence-corrected chi connectivity index (χ1v) is 6.57. The van der Waals surface area contributed by atoms with Crippen LogP contribution >= 0.6 is 0 Å². The molecule has 3 rings (SSSR count). The number of nitrogens with zero attached hydrogens (tertiary/aromatic N) is 4. The van der Waals surface area contributed by atoms with Crippen LogP contribution in [-0.4, -0.2) is 41.2 Å². The Labute approximate surface area is 132 Å². The van der Waals surface area contributed by atoms with Gasteiger partial charge in [0.25, 0.3) is 5.69 Å². The summed E-state index contributed by atoms with van der Waals surface area (Å²) in [6.45, 7) is -0.536. The molecule has 2 aromatic heterocycles. The van der Waals surface area contributed by atoms with Crippen molar-refractivity contribution < 1.29 is 15.5 Å². The molecule has 11 nitrogen and oxygen atoms in total. The van der Waals surface area contributed by atoms with Crippen LogP contribution in [0.4, 0.5) is 5.69 Å². The number of hydrogen-bond acceptors (Lipinski definition) is 6. The van der Waals surface area contributed by atoms with E-state index in [-0.39, 0.29) is 35.3 Å². The number of fused-ring (bicyclic) bond motifs is 1. The van der Waals surface area contributed by atoms with Gasteiger partial charge in [-0.15, -0.1) is 0 Å². The molecule has 0 atom stereocenters. The predicted octanol–water partition coefficient (Wildman–Crippen LogP) is -1.05. The van der Waals surface area contributed by atoms with Crippen molar-refractivity contribution >= 4 is 16.7 Å². The van der Waals surface area contributed by atoms with Crippen molar-refractivity contribution in [3.8, 4) is 5.69 Å². The number of hydrogen-bond donors (Lipinski definition) is 2. The van der Waals surface area contributed by atoms with Crippen molar-refractivity contribution in [1.82, 2.24) is 19.1 Å². The molecular weight excluding hydrogens is 322 g/mol. The van der Waals surface area contributed by atoms with Crippen LogP contribution in [-0.2, 0) is 6.54 Å². The number of nitro groups is 1. The minimum atomic E-state index is -0.982. The zero-order valence-corrected chi connectivity index (χ0v) is 12.2. The van der Waals surface area contributed by atoms with Crippen molar-refractivity contribution in [1.29, 1.82) is 0 Å². The predicted molar refractivity (Wildman–Crippen MR) is 83.3 cm³/mol. The highest BCUT2D eigenvalue weighted by Gasteiger charge is 2.19. The van der Waals surface area contributed by atoms with Gasteiger partial charge in [0, 0.05) is 25.0 Å². The number of nitrogens with one attached hydrogen (secondary N) is 1. The maximum atomic E-state index is 12.0. The molecule has 0 fully saturated rings. The molecule has 0 aliphatic carbocycles. The average Bonchev–Trinajstić information content (AvgIpc) is 3.05. The molecule has 1 aromatic carbocycles. The van der Waals surface area contributed by atoms with Gasteiger partial charge in [-0.05, 0) is 6.07 Å². The van der Waals surface area contributed by atoms with Crippen LogP contribution in [0.3, 0.4) is 0 Å². The maximum absolute atomic E-state index is 12.0. The molecule has 0 aliphatic heterocycles. The Morgan fingerprint density at radius 1 is 1.33 bits per heavy atom. The Bertz CT molecular complexity index is 1000. The van der Waals surface area contributed by atoms with Crippen LogP contribution < -0.4 is 11.1 Å². The molecule has 0 unspecified atom stereocenters. The van der Waals surface area contributed by atoms with Gasteiger partial charge in [-0.2, -0.15) is 0 Å². The molecule has 0 spiro atoms. The lowest BCUT2D eigenvalue weighted by atomic mass is 10.2. The molecule has 0 bridgehead atoms. The van der Waals surface area contributed by atoms with Gasteiger partial charge in [-0.1, -0.05) is 0 Å². The van der Waals surface area contributed by atoms with Crippen LogP contribution in [0.1, 0.15) is 0 Å². The van der Waals surface area contributed by atoms with Crippen molar-refractivity contribution in [3.05, 3.63) is 61.7 Å². The standard InChI is InChI=1S/C13H11N5O5.H2O/c19-4-3-17-9-5-8(16-2-1-14-7-16)6-10(18(22)23)11(9)15-12(20)13(17)21;/h1-2,5-7,19H,3-4H2,(H,15,20);1H2. The van der Waals surface area contributed by atoms with E-state index in [0.29, 0.717) is 5.69 Å². The van der Waals surface area contributed by atoms with E-state index >= 15 is 0 Å². The van der Waals surface area contributed by atoms with Gasteiger partial charge in [-0.3, -0.25) is 24.3 Å². The second kappa shape index (κ2) is 6.44. The zero-order valence-electron chi connectivity index (χ0n) is 12.2. The molecule has 0 saturated heterocycles. The van der Waals surface area contributed by atoms with Crippen LogP contribution in [0.5, 0.6) is 0 Å². The first-order chi connectivity index (χ1) is 11.0. The number of H-pyrrole nitrogens is 1. The summed E-state index contributed by atoms with van der Waals surface area (Å²) < 4.78 is 2.55. The summed E-state index contributed by atoms with van der Waals surface area (Å²) >= 11 is 0. The highest BCUT2D eigenvalue weighted by Crippen LogP contribution is 2.26. The van der Waals surface area contributed by atoms with Crippen molar-refractivity contribution in [2.45, 2.75) is 6.54 Å². The quantitative estimate of drug-likeness (QED) is 0.350. The fourth-order valence-electron chi connectivity index (χ4n) is 2.36. The van der Waals surface area contributed by atoms with Gasteiger partial charge in [0.15, 0.2) is 0 Å². The number of aromatic amines is 1. The summed E-state index contributed by atoms with van der Waals surface area (Å²) in [7, 11) is 0. The lowest BCUT2D eigenvalue weighted by Crippen LogP contribution is -2.37. The Hall–Kier alpha value is -3.31. The van der Waals surface area contributed by atoms with Crippen LogP contribution in [0, 0.1) is 10.1 Å². The topological polar surface area (TPSA) is 168 Å². The minimum absolute atomic E-state index is 0. The summed E-state index contributed by atoms with van der Waals surface area (Å²) in [5.41, 5.74) is -1.73. The number of imidazole rings is 1. The molecule has 0 aliphatic rings. The number of non-ortho nitro benzene ring substituents is 1. The number of rotatable bonds is 4. The molecule has 4 N–H and O–H groups in total. The fourth-order valence-corrected chi connectivity index (χ4v) is 2.36. The Morgan fingerprint density at radius 3 is 2.67 bits per heavy atom. The summed E-state index contributed by atoms with van der Waals surface area (Å²) in [4.78, 5) is 40.5. The molecule has 0 radical (unpaired) electrons. The first kappa shape index (κ1) is 17.1. The van der Waals surface area contributed by atoms with Gasteiger partial charge >= 0.3 is 11.1 Å². The molecule has 3 aromatic rings. The molecular formula is C13H13N5O6. The lowest BCUT2D eigenvalue weighted by Gasteiger charge is -2.10. The third-order valence-corrected chi connectivity index (χ3v) is 3.37. The van der Waals surface area contributed by atoms with Crippen LogP contribution in [0.25, 0.3) is 16.7 Å². The number of aromatic nitrogens is 4. The Kier molecular flexibility index (Phi) is 4.57. The van der Waals surface area contributed by atoms with Crippen molar-refractivity contribution in [3.63, 3.8) is 0 Å². The number of aliphatic hydroxyl groups is 1. The number of aliphatic hydroxyl groups excluding tert-OH is 1. The SMILES string of the molecule is O.O=c1[nH]c2c([N+](=O)[O-])cc(-n3ccnc3)cc2n(CCO)c1=O. The number of nitro benzene ring substituents is 1. The summed E-state index contributed by atoms with van der Waals surface area (Å²) in [6.07, 6.45) is 4.54. The van der Waals surface area contributed by atoms with Gasteiger partial charge < -0.3 is 20.1 Å². The average molecular weight is 335 g/mol. The van der Waals surface area contributed by atoms with Crippen LogP contribution in [0.15, 0.2) is 40.4 Å². The van der Waals surface area contributed by atoms with Crippen molar-refractivity contribution in [2.24, 2.45) is 0 Å². The molecule has 0 saturated carbocycles. The molecule has 11 heteroatoms. The van der Waals surface area contributed by atoms with Gasteiger partial charge in [0.1, 0.15) is 5.52 Å². The van der Waals surface area contributed by atoms with Gasteiger partial charge in [0.05, 0.1) is 29.1 Å². The molecule has 0 amide bonds. The van der Waals surface area contributed by atoms with E-state index in [1.54, 1.807) is 6.20 Å². The van der Waals surface area contributed by atoms with Gasteiger partial charge in [0.2, 0.25) is 0 Å². The molecule has 126 valence electrons. The maximum Gasteiger partial charge on any atom is 0.316 e. The monoisotopic (exact) mass is 335 g/mol. The van der Waals surface area contributed by atoms with E-state index < -0.39 is 16.0 Å². The third-order valence-electron chi connectivity index (χ3n) is 3.37. The molecule has 24 heavy (non-hydrogen) atoms. The largest absolute Gasteiger partial charge is 0.412 e. The minimum Gasteiger partial charge on any atom is -0.412 e. The zero-order chi connectivity index (χ0) is 16.6. The Morgan fingerprint density at radius 2 is 2.08 bits per heavy atom. The summed E-state index contributed by atoms with van der Waals surface area (Å²) in [6, 6.07) is 2.78. The van der Waals surface area contributed by atoms with E-state index in [2.05, 4.69) is 9.97 Å². The lowest BCUT2D eigenvalue weighted by molar-refractivity contribution is -0.383. The van der Waals surface area contributed by atoms with E-state index in [9.17, 15) is 19.7 Å².